The van der Waals surface area contributed by atoms with Crippen LogP contribution in [0.3, 0.4) is 0 Å². The Morgan fingerprint density at radius 3 is 2.12 bits per heavy atom. The first kappa shape index (κ1) is 13.7. The third-order valence-electron chi connectivity index (χ3n) is 1.74. The smallest absolute Gasteiger partial charge is 0.246 e. The summed E-state index contributed by atoms with van der Waals surface area (Å²) in [6.07, 6.45) is 0. The second-order valence-corrected chi connectivity index (χ2v) is 4.93. The van der Waals surface area contributed by atoms with Gasteiger partial charge in [0.25, 0.3) is 0 Å². The number of carbonyl (C=O) groups is 1. The minimum atomic E-state index is -4.52. The molecule has 17 heavy (non-hydrogen) atoms. The number of hydrogen-bond donors (Lipinski definition) is 1. The van der Waals surface area contributed by atoms with E-state index in [1.807, 2.05) is 0 Å². The minimum absolute atomic E-state index is 0.241. The molecule has 4 nitrogen and oxygen atoms in total. The van der Waals surface area contributed by atoms with Crippen molar-refractivity contribution in [1.82, 2.24) is 4.72 Å². The first-order valence-electron chi connectivity index (χ1n) is 4.37. The lowest BCUT2D eigenvalue weighted by atomic mass is 10.3. The van der Waals surface area contributed by atoms with Crippen LogP contribution in [0.4, 0.5) is 13.2 Å². The third-order valence-corrected chi connectivity index (χ3v) is 3.19. The van der Waals surface area contributed by atoms with E-state index in [0.717, 1.165) is 6.92 Å². The molecule has 0 amide bonds. The van der Waals surface area contributed by atoms with Gasteiger partial charge in [0.15, 0.2) is 4.90 Å². The fourth-order valence-corrected chi connectivity index (χ4v) is 2.22. The molecular formula is C9H8F3NO3S. The second-order valence-electron chi connectivity index (χ2n) is 3.23. The van der Waals surface area contributed by atoms with E-state index in [1.165, 1.54) is 0 Å². The second kappa shape index (κ2) is 4.84. The lowest BCUT2D eigenvalue weighted by molar-refractivity contribution is -0.115. The molecule has 0 aromatic heterocycles. The van der Waals surface area contributed by atoms with Crippen molar-refractivity contribution >= 4 is 15.8 Å². The molecular weight excluding hydrogens is 259 g/mol. The molecule has 0 spiro atoms. The fraction of sp³-hybridized carbons (Fsp3) is 0.222. The van der Waals surface area contributed by atoms with Gasteiger partial charge in [0.1, 0.15) is 23.2 Å². The van der Waals surface area contributed by atoms with Gasteiger partial charge in [-0.15, -0.1) is 0 Å². The standard InChI is InChI=1S/C9H8F3NO3S/c1-5(14)4-13-17(15,16)9-7(11)2-6(10)3-8(9)12/h2-3,13H,4H2,1H3. The van der Waals surface area contributed by atoms with Crippen LogP contribution >= 0.6 is 0 Å². The van der Waals surface area contributed by atoms with Gasteiger partial charge in [0.2, 0.25) is 10.0 Å². The molecule has 0 saturated heterocycles. The fourth-order valence-electron chi connectivity index (χ4n) is 1.05. The molecule has 0 aliphatic carbocycles. The highest BCUT2D eigenvalue weighted by atomic mass is 32.2. The van der Waals surface area contributed by atoms with E-state index in [0.29, 0.717) is 0 Å². The molecule has 0 aliphatic heterocycles. The Bertz CT molecular complexity index is 534. The lowest BCUT2D eigenvalue weighted by Crippen LogP contribution is -2.30. The van der Waals surface area contributed by atoms with Crippen LogP contribution in [0.1, 0.15) is 6.92 Å². The van der Waals surface area contributed by atoms with Crippen molar-refractivity contribution in [1.29, 1.82) is 0 Å². The van der Waals surface area contributed by atoms with Crippen LogP contribution in [-0.4, -0.2) is 20.7 Å². The van der Waals surface area contributed by atoms with Gasteiger partial charge in [-0.2, -0.15) is 0 Å². The summed E-state index contributed by atoms with van der Waals surface area (Å²) < 4.78 is 63.4. The van der Waals surface area contributed by atoms with Gasteiger partial charge in [-0.05, 0) is 6.92 Å². The van der Waals surface area contributed by atoms with Crippen LogP contribution in [0.2, 0.25) is 0 Å². The van der Waals surface area contributed by atoms with Crippen molar-refractivity contribution in [3.8, 4) is 0 Å². The van der Waals surface area contributed by atoms with Crippen molar-refractivity contribution in [3.05, 3.63) is 29.6 Å². The van der Waals surface area contributed by atoms with Crippen LogP contribution in [0, 0.1) is 17.5 Å². The molecule has 0 atom stereocenters. The van der Waals surface area contributed by atoms with E-state index < -0.39 is 44.7 Å². The number of Topliss-reactive ketones (excluding diaryl/α,β-unsaturated/α-hetero) is 1. The maximum Gasteiger partial charge on any atom is 0.246 e. The first-order valence-corrected chi connectivity index (χ1v) is 5.86. The zero-order chi connectivity index (χ0) is 13.2. The lowest BCUT2D eigenvalue weighted by Gasteiger charge is -2.07. The van der Waals surface area contributed by atoms with E-state index in [2.05, 4.69) is 0 Å². The molecule has 1 rings (SSSR count). The molecule has 8 heteroatoms. The molecule has 0 aliphatic rings. The van der Waals surface area contributed by atoms with E-state index in [1.54, 1.807) is 4.72 Å². The van der Waals surface area contributed by atoms with Gasteiger partial charge in [-0.1, -0.05) is 0 Å². The Hall–Kier alpha value is -1.41. The summed E-state index contributed by atoms with van der Waals surface area (Å²) in [6.45, 7) is 0.498. The number of sulfonamides is 1. The van der Waals surface area contributed by atoms with Crippen LogP contribution in [0.25, 0.3) is 0 Å². The largest absolute Gasteiger partial charge is 0.299 e. The van der Waals surface area contributed by atoms with Gasteiger partial charge >= 0.3 is 0 Å². The van der Waals surface area contributed by atoms with Crippen LogP contribution in [-0.2, 0) is 14.8 Å². The Kier molecular flexibility index (Phi) is 3.89. The van der Waals surface area contributed by atoms with Crippen LogP contribution in [0.5, 0.6) is 0 Å². The molecule has 1 aromatic carbocycles. The summed E-state index contributed by atoms with van der Waals surface area (Å²) in [7, 11) is -4.52. The van der Waals surface area contributed by atoms with E-state index in [9.17, 15) is 26.4 Å². The molecule has 0 unspecified atom stereocenters. The Labute approximate surface area is 95.5 Å². The van der Waals surface area contributed by atoms with Crippen LogP contribution in [0.15, 0.2) is 17.0 Å². The van der Waals surface area contributed by atoms with Crippen molar-refractivity contribution in [2.45, 2.75) is 11.8 Å². The molecule has 0 radical (unpaired) electrons. The summed E-state index contributed by atoms with van der Waals surface area (Å²) in [4.78, 5) is 9.27. The summed E-state index contributed by atoms with van der Waals surface area (Å²) >= 11 is 0. The van der Waals surface area contributed by atoms with E-state index in [-0.39, 0.29) is 12.1 Å². The number of halogens is 3. The summed E-state index contributed by atoms with van der Waals surface area (Å²) in [6, 6.07) is 0.483. The molecule has 0 saturated carbocycles. The maximum absolute atomic E-state index is 13.1. The van der Waals surface area contributed by atoms with Gasteiger partial charge in [0, 0.05) is 12.1 Å². The number of benzene rings is 1. The zero-order valence-corrected chi connectivity index (χ0v) is 9.45. The van der Waals surface area contributed by atoms with E-state index in [4.69, 9.17) is 0 Å². The minimum Gasteiger partial charge on any atom is -0.299 e. The molecule has 0 fully saturated rings. The third kappa shape index (κ3) is 3.27. The Morgan fingerprint density at radius 2 is 1.71 bits per heavy atom. The summed E-state index contributed by atoms with van der Waals surface area (Å²) in [5.41, 5.74) is 0. The van der Waals surface area contributed by atoms with Crippen molar-refractivity contribution in [3.63, 3.8) is 0 Å². The quantitative estimate of drug-likeness (QED) is 0.884. The average Bonchev–Trinajstić information content (AvgIpc) is 2.12. The van der Waals surface area contributed by atoms with Gasteiger partial charge in [-0.25, -0.2) is 26.3 Å². The topological polar surface area (TPSA) is 63.2 Å². The zero-order valence-electron chi connectivity index (χ0n) is 8.63. The molecule has 0 heterocycles. The number of nitrogens with one attached hydrogen (secondary N) is 1. The highest BCUT2D eigenvalue weighted by Crippen LogP contribution is 2.19. The van der Waals surface area contributed by atoms with Crippen molar-refractivity contribution < 1.29 is 26.4 Å². The molecule has 1 N–H and O–H groups in total. The SMILES string of the molecule is CC(=O)CNS(=O)(=O)c1c(F)cc(F)cc1F. The predicted octanol–water partition coefficient (Wildman–Crippen LogP) is 0.971. The highest BCUT2D eigenvalue weighted by Gasteiger charge is 2.25. The monoisotopic (exact) mass is 267 g/mol. The highest BCUT2D eigenvalue weighted by molar-refractivity contribution is 7.89. The van der Waals surface area contributed by atoms with E-state index >= 15 is 0 Å². The molecule has 1 aromatic rings. The van der Waals surface area contributed by atoms with Gasteiger partial charge in [0.05, 0.1) is 6.54 Å². The summed E-state index contributed by atoms with van der Waals surface area (Å²) in [5.74, 6) is -4.88. The van der Waals surface area contributed by atoms with Gasteiger partial charge < -0.3 is 0 Å². The maximum atomic E-state index is 13.1. The van der Waals surface area contributed by atoms with Crippen LogP contribution < -0.4 is 4.72 Å². The normalized spacial score (nSPS) is 11.5. The first-order chi connectivity index (χ1) is 7.74. The summed E-state index contributed by atoms with van der Waals surface area (Å²) in [5, 5.41) is 0. The Balaban J connectivity index is 3.20. The molecule has 0 bridgehead atoms. The Morgan fingerprint density at radius 1 is 1.24 bits per heavy atom. The number of rotatable bonds is 4. The van der Waals surface area contributed by atoms with Gasteiger partial charge in [-0.3, -0.25) is 4.79 Å². The number of ketones is 1. The molecule has 94 valence electrons. The number of carbonyl (C=O) groups excluding carboxylic acids is 1. The predicted molar refractivity (Wildman–Crippen MR) is 52.2 cm³/mol. The average molecular weight is 267 g/mol. The van der Waals surface area contributed by atoms with Crippen molar-refractivity contribution in [2.24, 2.45) is 0 Å². The number of hydrogen-bond acceptors (Lipinski definition) is 3. The van der Waals surface area contributed by atoms with Crippen molar-refractivity contribution in [2.75, 3.05) is 6.54 Å².